The minimum Gasteiger partial charge on any atom is -0.326 e. The molecule has 3 rings (SSSR count). The number of hydrogen-bond acceptors (Lipinski definition) is 2. The first-order chi connectivity index (χ1) is 9.24. The summed E-state index contributed by atoms with van der Waals surface area (Å²) in [6.07, 6.45) is 4.68. The molecule has 1 aliphatic heterocycles. The smallest absolute Gasteiger partial charge is 0.241 e. The van der Waals surface area contributed by atoms with Gasteiger partial charge in [0.25, 0.3) is 0 Å². The number of rotatable bonds is 5. The highest BCUT2D eigenvalue weighted by atomic mass is 16.2. The van der Waals surface area contributed by atoms with Gasteiger partial charge in [0.05, 0.1) is 12.7 Å². The van der Waals surface area contributed by atoms with E-state index in [1.54, 1.807) is 0 Å². The molecule has 0 spiro atoms. The van der Waals surface area contributed by atoms with Gasteiger partial charge in [-0.25, -0.2) is 0 Å². The maximum Gasteiger partial charge on any atom is 0.241 e. The highest BCUT2D eigenvalue weighted by Crippen LogP contribution is 2.35. The van der Waals surface area contributed by atoms with Gasteiger partial charge >= 0.3 is 0 Å². The third-order valence-electron chi connectivity index (χ3n) is 4.28. The normalized spacial score (nSPS) is 24.8. The van der Waals surface area contributed by atoms with Crippen molar-refractivity contribution in [1.82, 2.24) is 10.2 Å². The number of carbonyl (C=O) groups is 1. The Kier molecular flexibility index (Phi) is 3.56. The molecule has 0 bridgehead atoms. The molecule has 3 heteroatoms. The van der Waals surface area contributed by atoms with Crippen LogP contribution in [0.3, 0.4) is 0 Å². The van der Waals surface area contributed by atoms with E-state index in [1.165, 1.54) is 24.8 Å². The second kappa shape index (κ2) is 5.33. The molecule has 1 heterocycles. The molecule has 1 amide bonds. The summed E-state index contributed by atoms with van der Waals surface area (Å²) in [5.74, 6) is 1.15. The molecule has 2 atom stereocenters. The molecule has 0 radical (unpaired) electrons. The van der Waals surface area contributed by atoms with Crippen LogP contribution < -0.4 is 5.32 Å². The van der Waals surface area contributed by atoms with E-state index in [2.05, 4.69) is 24.4 Å². The fourth-order valence-corrected chi connectivity index (χ4v) is 2.92. The number of nitrogens with one attached hydrogen (secondary N) is 1. The SMILES string of the molecule is CC(CC1CC1)N1CNC(Cc2ccccc2)C1=O. The Bertz CT molecular complexity index is 441. The average Bonchev–Trinajstić information content (AvgIpc) is 3.15. The summed E-state index contributed by atoms with van der Waals surface area (Å²) in [5, 5.41) is 3.36. The van der Waals surface area contributed by atoms with Crippen LogP contribution in [0.5, 0.6) is 0 Å². The molecule has 0 aromatic heterocycles. The van der Waals surface area contributed by atoms with Crippen LogP contribution in [0.4, 0.5) is 0 Å². The van der Waals surface area contributed by atoms with Crippen LogP contribution >= 0.6 is 0 Å². The van der Waals surface area contributed by atoms with Crippen molar-refractivity contribution in [3.8, 4) is 0 Å². The molecule has 1 aliphatic carbocycles. The topological polar surface area (TPSA) is 32.3 Å². The predicted octanol–water partition coefficient (Wildman–Crippen LogP) is 2.18. The van der Waals surface area contributed by atoms with Crippen molar-refractivity contribution < 1.29 is 4.79 Å². The fraction of sp³-hybridized carbons (Fsp3) is 0.562. The zero-order chi connectivity index (χ0) is 13.2. The third-order valence-corrected chi connectivity index (χ3v) is 4.28. The zero-order valence-corrected chi connectivity index (χ0v) is 11.5. The van der Waals surface area contributed by atoms with E-state index >= 15 is 0 Å². The van der Waals surface area contributed by atoms with Gasteiger partial charge in [0.2, 0.25) is 5.91 Å². The molecular formula is C16H22N2O. The first-order valence-electron chi connectivity index (χ1n) is 7.32. The van der Waals surface area contributed by atoms with E-state index in [4.69, 9.17) is 0 Å². The van der Waals surface area contributed by atoms with E-state index < -0.39 is 0 Å². The lowest BCUT2D eigenvalue weighted by atomic mass is 10.1. The van der Waals surface area contributed by atoms with Gasteiger partial charge in [0, 0.05) is 6.04 Å². The maximum atomic E-state index is 12.4. The maximum absolute atomic E-state index is 12.4. The van der Waals surface area contributed by atoms with Gasteiger partial charge in [-0.05, 0) is 31.2 Å². The van der Waals surface area contributed by atoms with Crippen molar-refractivity contribution in [2.24, 2.45) is 5.92 Å². The van der Waals surface area contributed by atoms with E-state index in [-0.39, 0.29) is 11.9 Å². The Morgan fingerprint density at radius 2 is 2.05 bits per heavy atom. The standard InChI is InChI=1S/C16H22N2O/c1-12(9-14-7-8-14)18-11-17-15(16(18)19)10-13-5-3-2-4-6-13/h2-6,12,14-15,17H,7-11H2,1H3. The molecule has 2 aliphatic rings. The molecule has 3 nitrogen and oxygen atoms in total. The second-order valence-corrected chi connectivity index (χ2v) is 5.94. The van der Waals surface area contributed by atoms with E-state index in [9.17, 15) is 4.79 Å². The first kappa shape index (κ1) is 12.7. The van der Waals surface area contributed by atoms with Crippen LogP contribution in [-0.2, 0) is 11.2 Å². The van der Waals surface area contributed by atoms with Crippen LogP contribution in [0.2, 0.25) is 0 Å². The molecule has 1 saturated heterocycles. The van der Waals surface area contributed by atoms with Crippen LogP contribution in [0, 0.1) is 5.92 Å². The van der Waals surface area contributed by atoms with E-state index in [0.29, 0.717) is 12.7 Å². The predicted molar refractivity (Wildman–Crippen MR) is 75.6 cm³/mol. The molecule has 2 unspecified atom stereocenters. The summed E-state index contributed by atoms with van der Waals surface area (Å²) in [6.45, 7) is 2.90. The Balaban J connectivity index is 1.58. The largest absolute Gasteiger partial charge is 0.326 e. The lowest BCUT2D eigenvalue weighted by Crippen LogP contribution is -2.37. The van der Waals surface area contributed by atoms with E-state index in [0.717, 1.165) is 12.3 Å². The van der Waals surface area contributed by atoms with Crippen molar-refractivity contribution >= 4 is 5.91 Å². The van der Waals surface area contributed by atoms with Gasteiger partial charge in [-0.1, -0.05) is 43.2 Å². The van der Waals surface area contributed by atoms with Crippen molar-refractivity contribution in [2.75, 3.05) is 6.67 Å². The van der Waals surface area contributed by atoms with E-state index in [1.807, 2.05) is 23.1 Å². The van der Waals surface area contributed by atoms with Gasteiger partial charge in [0.1, 0.15) is 0 Å². The average molecular weight is 258 g/mol. The number of nitrogens with zero attached hydrogens (tertiary/aromatic N) is 1. The number of hydrogen-bond donors (Lipinski definition) is 1. The zero-order valence-electron chi connectivity index (χ0n) is 11.5. The van der Waals surface area contributed by atoms with Crippen LogP contribution in [0.25, 0.3) is 0 Å². The van der Waals surface area contributed by atoms with Crippen molar-refractivity contribution in [3.05, 3.63) is 35.9 Å². The Labute approximate surface area is 115 Å². The Morgan fingerprint density at radius 3 is 2.74 bits per heavy atom. The van der Waals surface area contributed by atoms with Crippen LogP contribution in [0.1, 0.15) is 31.7 Å². The van der Waals surface area contributed by atoms with Gasteiger partial charge in [-0.3, -0.25) is 10.1 Å². The number of amides is 1. The molecule has 2 fully saturated rings. The molecular weight excluding hydrogens is 236 g/mol. The molecule has 102 valence electrons. The molecule has 1 aromatic rings. The quantitative estimate of drug-likeness (QED) is 0.878. The summed E-state index contributed by atoms with van der Waals surface area (Å²) in [5.41, 5.74) is 1.23. The summed E-state index contributed by atoms with van der Waals surface area (Å²) < 4.78 is 0. The summed E-state index contributed by atoms with van der Waals surface area (Å²) in [6, 6.07) is 10.6. The van der Waals surface area contributed by atoms with Crippen LogP contribution in [0.15, 0.2) is 30.3 Å². The summed E-state index contributed by atoms with van der Waals surface area (Å²) in [4.78, 5) is 14.4. The fourth-order valence-electron chi connectivity index (χ4n) is 2.92. The third kappa shape index (κ3) is 2.98. The van der Waals surface area contributed by atoms with Gasteiger partial charge in [0.15, 0.2) is 0 Å². The van der Waals surface area contributed by atoms with Crippen molar-refractivity contribution in [3.63, 3.8) is 0 Å². The lowest BCUT2D eigenvalue weighted by Gasteiger charge is -2.23. The molecule has 1 saturated carbocycles. The minimum absolute atomic E-state index is 0.0379. The highest BCUT2D eigenvalue weighted by Gasteiger charge is 2.35. The number of carbonyl (C=O) groups excluding carboxylic acids is 1. The summed E-state index contributed by atoms with van der Waals surface area (Å²) in [7, 11) is 0. The van der Waals surface area contributed by atoms with Gasteiger partial charge in [-0.15, -0.1) is 0 Å². The minimum atomic E-state index is -0.0379. The van der Waals surface area contributed by atoms with Crippen LogP contribution in [-0.4, -0.2) is 29.6 Å². The monoisotopic (exact) mass is 258 g/mol. The first-order valence-corrected chi connectivity index (χ1v) is 7.32. The molecule has 1 aromatic carbocycles. The second-order valence-electron chi connectivity index (χ2n) is 5.94. The molecule has 19 heavy (non-hydrogen) atoms. The van der Waals surface area contributed by atoms with Crippen molar-refractivity contribution in [1.29, 1.82) is 0 Å². The molecule has 1 N–H and O–H groups in total. The lowest BCUT2D eigenvalue weighted by molar-refractivity contribution is -0.130. The summed E-state index contributed by atoms with van der Waals surface area (Å²) >= 11 is 0. The highest BCUT2D eigenvalue weighted by molar-refractivity contribution is 5.84. The van der Waals surface area contributed by atoms with Gasteiger partial charge < -0.3 is 4.90 Å². The Morgan fingerprint density at radius 1 is 1.32 bits per heavy atom. The Hall–Kier alpha value is -1.35. The number of benzene rings is 1. The van der Waals surface area contributed by atoms with Gasteiger partial charge in [-0.2, -0.15) is 0 Å². The van der Waals surface area contributed by atoms with Crippen molar-refractivity contribution in [2.45, 2.75) is 44.7 Å².